The van der Waals surface area contributed by atoms with Crippen molar-refractivity contribution in [1.29, 1.82) is 0 Å². The molecule has 0 saturated heterocycles. The Labute approximate surface area is 132 Å². The Morgan fingerprint density at radius 2 is 1.59 bits per heavy atom. The summed E-state index contributed by atoms with van der Waals surface area (Å²) in [6.45, 7) is 1.97. The van der Waals surface area contributed by atoms with Crippen LogP contribution < -0.4 is 0 Å². The molecule has 0 heterocycles. The van der Waals surface area contributed by atoms with Crippen molar-refractivity contribution in [1.82, 2.24) is 0 Å². The molecule has 110 valence electrons. The molecule has 0 spiro atoms. The smallest absolute Gasteiger partial charge is 0.163 e. The van der Waals surface area contributed by atoms with Crippen molar-refractivity contribution >= 4 is 5.78 Å². The maximum absolute atomic E-state index is 12.5. The summed E-state index contributed by atoms with van der Waals surface area (Å²) in [6, 6.07) is 20.8. The normalized spacial score (nSPS) is 18.9. The second-order valence-electron chi connectivity index (χ2n) is 5.88. The Morgan fingerprint density at radius 1 is 0.955 bits per heavy atom. The van der Waals surface area contributed by atoms with E-state index in [2.05, 4.69) is 48.6 Å². The predicted octanol–water partition coefficient (Wildman–Crippen LogP) is 4.71. The molecule has 1 aliphatic carbocycles. The zero-order valence-electron chi connectivity index (χ0n) is 12.8. The van der Waals surface area contributed by atoms with Crippen LogP contribution in [0.4, 0.5) is 0 Å². The van der Waals surface area contributed by atoms with Crippen LogP contribution in [-0.2, 0) is 11.2 Å². The molecular formula is C21H20O. The fraction of sp³-hybridized carbons (Fsp3) is 0.190. The standard InChI is InChI=1S/C21H20O/c1-16-12-13-19(21(22)14-16)20(18-10-6-3-7-11-18)15-17-8-4-2-5-9-17/h2-14,19-20H,15H2,1H3. The van der Waals surface area contributed by atoms with Crippen LogP contribution in [0.5, 0.6) is 0 Å². The largest absolute Gasteiger partial charge is 0.294 e. The van der Waals surface area contributed by atoms with Gasteiger partial charge in [0.2, 0.25) is 0 Å². The van der Waals surface area contributed by atoms with Gasteiger partial charge in [-0.25, -0.2) is 0 Å². The minimum Gasteiger partial charge on any atom is -0.294 e. The van der Waals surface area contributed by atoms with Crippen LogP contribution in [0, 0.1) is 5.92 Å². The highest BCUT2D eigenvalue weighted by Crippen LogP contribution is 2.32. The summed E-state index contributed by atoms with van der Waals surface area (Å²) in [5, 5.41) is 0. The van der Waals surface area contributed by atoms with E-state index in [-0.39, 0.29) is 17.6 Å². The third-order valence-electron chi connectivity index (χ3n) is 4.22. The third-order valence-corrected chi connectivity index (χ3v) is 4.22. The van der Waals surface area contributed by atoms with E-state index in [1.807, 2.05) is 31.2 Å². The highest BCUT2D eigenvalue weighted by atomic mass is 16.1. The summed E-state index contributed by atoms with van der Waals surface area (Å²) in [5.41, 5.74) is 3.53. The average Bonchev–Trinajstić information content (AvgIpc) is 2.55. The summed E-state index contributed by atoms with van der Waals surface area (Å²) in [7, 11) is 0. The maximum Gasteiger partial charge on any atom is 0.163 e. The summed E-state index contributed by atoms with van der Waals surface area (Å²) >= 11 is 0. The second-order valence-corrected chi connectivity index (χ2v) is 5.88. The van der Waals surface area contributed by atoms with Gasteiger partial charge in [-0.2, -0.15) is 0 Å². The van der Waals surface area contributed by atoms with Crippen LogP contribution in [0.25, 0.3) is 0 Å². The molecule has 0 aliphatic heterocycles. The van der Waals surface area contributed by atoms with Gasteiger partial charge in [0.05, 0.1) is 0 Å². The Morgan fingerprint density at radius 3 is 2.23 bits per heavy atom. The average molecular weight is 288 g/mol. The van der Waals surface area contributed by atoms with E-state index in [4.69, 9.17) is 0 Å². The van der Waals surface area contributed by atoms with Crippen LogP contribution >= 0.6 is 0 Å². The number of carbonyl (C=O) groups excluding carboxylic acids is 1. The lowest BCUT2D eigenvalue weighted by molar-refractivity contribution is -0.117. The maximum atomic E-state index is 12.5. The molecular weight excluding hydrogens is 268 g/mol. The Balaban J connectivity index is 1.94. The van der Waals surface area contributed by atoms with Crippen molar-refractivity contribution in [3.05, 3.63) is 95.6 Å². The summed E-state index contributed by atoms with van der Waals surface area (Å²) in [4.78, 5) is 12.5. The van der Waals surface area contributed by atoms with E-state index in [1.54, 1.807) is 6.08 Å². The number of allylic oxidation sites excluding steroid dienone is 4. The molecule has 22 heavy (non-hydrogen) atoms. The highest BCUT2D eigenvalue weighted by molar-refractivity contribution is 5.96. The predicted molar refractivity (Wildman–Crippen MR) is 90.7 cm³/mol. The van der Waals surface area contributed by atoms with Gasteiger partial charge in [-0.05, 0) is 36.1 Å². The van der Waals surface area contributed by atoms with Crippen molar-refractivity contribution in [3.63, 3.8) is 0 Å². The first-order chi connectivity index (χ1) is 10.7. The number of hydrogen-bond donors (Lipinski definition) is 0. The lowest BCUT2D eigenvalue weighted by Gasteiger charge is -2.25. The van der Waals surface area contributed by atoms with Gasteiger partial charge in [-0.1, -0.05) is 72.8 Å². The van der Waals surface area contributed by atoms with Gasteiger partial charge in [0, 0.05) is 11.8 Å². The quantitative estimate of drug-likeness (QED) is 0.796. The first kappa shape index (κ1) is 14.5. The van der Waals surface area contributed by atoms with Gasteiger partial charge in [0.15, 0.2) is 5.78 Å². The SMILES string of the molecule is CC1=CC(=O)C(C(Cc2ccccc2)c2ccccc2)C=C1. The molecule has 0 bridgehead atoms. The molecule has 0 N–H and O–H groups in total. The van der Waals surface area contributed by atoms with E-state index >= 15 is 0 Å². The molecule has 2 aromatic carbocycles. The van der Waals surface area contributed by atoms with Crippen LogP contribution in [-0.4, -0.2) is 5.78 Å². The van der Waals surface area contributed by atoms with Gasteiger partial charge >= 0.3 is 0 Å². The van der Waals surface area contributed by atoms with Crippen molar-refractivity contribution in [2.45, 2.75) is 19.3 Å². The van der Waals surface area contributed by atoms with Crippen molar-refractivity contribution in [3.8, 4) is 0 Å². The molecule has 1 heteroatoms. The van der Waals surface area contributed by atoms with E-state index < -0.39 is 0 Å². The highest BCUT2D eigenvalue weighted by Gasteiger charge is 2.27. The van der Waals surface area contributed by atoms with Gasteiger partial charge in [-0.15, -0.1) is 0 Å². The molecule has 0 saturated carbocycles. The molecule has 3 rings (SSSR count). The minimum atomic E-state index is -0.0775. The fourth-order valence-electron chi connectivity index (χ4n) is 3.07. The molecule has 2 atom stereocenters. The molecule has 1 aliphatic rings. The van der Waals surface area contributed by atoms with E-state index in [0.29, 0.717) is 0 Å². The Hall–Kier alpha value is -2.41. The number of hydrogen-bond acceptors (Lipinski definition) is 1. The number of carbonyl (C=O) groups is 1. The lowest BCUT2D eigenvalue weighted by atomic mass is 9.77. The second kappa shape index (κ2) is 6.57. The van der Waals surface area contributed by atoms with Gasteiger partial charge in [0.1, 0.15) is 0 Å². The zero-order valence-corrected chi connectivity index (χ0v) is 12.8. The van der Waals surface area contributed by atoms with Crippen LogP contribution in [0.1, 0.15) is 24.0 Å². The molecule has 0 aromatic heterocycles. The molecule has 2 aromatic rings. The topological polar surface area (TPSA) is 17.1 Å². The number of benzene rings is 2. The monoisotopic (exact) mass is 288 g/mol. The zero-order chi connectivity index (χ0) is 15.4. The minimum absolute atomic E-state index is 0.0775. The summed E-state index contributed by atoms with van der Waals surface area (Å²) in [6.07, 6.45) is 6.77. The van der Waals surface area contributed by atoms with Crippen molar-refractivity contribution < 1.29 is 4.79 Å². The van der Waals surface area contributed by atoms with Crippen LogP contribution in [0.15, 0.2) is 84.5 Å². The van der Waals surface area contributed by atoms with Crippen molar-refractivity contribution in [2.24, 2.45) is 5.92 Å². The molecule has 0 amide bonds. The molecule has 0 fully saturated rings. The van der Waals surface area contributed by atoms with E-state index in [0.717, 1.165) is 12.0 Å². The summed E-state index contributed by atoms with van der Waals surface area (Å²) in [5.74, 6) is 0.313. The Kier molecular flexibility index (Phi) is 4.34. The van der Waals surface area contributed by atoms with Gasteiger partial charge in [0.25, 0.3) is 0 Å². The number of ketones is 1. The molecule has 0 radical (unpaired) electrons. The van der Waals surface area contributed by atoms with Crippen LogP contribution in [0.2, 0.25) is 0 Å². The third kappa shape index (κ3) is 3.25. The number of rotatable bonds is 4. The lowest BCUT2D eigenvalue weighted by Crippen LogP contribution is -2.23. The van der Waals surface area contributed by atoms with Gasteiger partial charge in [-0.3, -0.25) is 4.79 Å². The van der Waals surface area contributed by atoms with Crippen LogP contribution in [0.3, 0.4) is 0 Å². The van der Waals surface area contributed by atoms with Crippen molar-refractivity contribution in [2.75, 3.05) is 0 Å². The fourth-order valence-corrected chi connectivity index (χ4v) is 3.07. The van der Waals surface area contributed by atoms with Gasteiger partial charge < -0.3 is 0 Å². The first-order valence-electron chi connectivity index (χ1n) is 7.73. The van der Waals surface area contributed by atoms with E-state index in [9.17, 15) is 4.79 Å². The molecule has 2 unspecified atom stereocenters. The van der Waals surface area contributed by atoms with E-state index in [1.165, 1.54) is 11.1 Å². The Bertz CT molecular complexity index is 695. The molecule has 1 nitrogen and oxygen atoms in total. The first-order valence-corrected chi connectivity index (χ1v) is 7.73. The summed E-state index contributed by atoms with van der Waals surface area (Å²) < 4.78 is 0.